The molecule has 0 saturated heterocycles. The fourth-order valence-corrected chi connectivity index (χ4v) is 2.91. The summed E-state index contributed by atoms with van der Waals surface area (Å²) in [6.07, 6.45) is 4.04. The molecule has 0 spiro atoms. The van der Waals surface area contributed by atoms with Crippen molar-refractivity contribution in [2.45, 2.75) is 32.2 Å². The normalized spacial score (nSPS) is 15.2. The van der Waals surface area contributed by atoms with Crippen LogP contribution in [0.5, 0.6) is 0 Å². The summed E-state index contributed by atoms with van der Waals surface area (Å²) >= 11 is 3.38. The van der Waals surface area contributed by atoms with Gasteiger partial charge in [-0.15, -0.1) is 0 Å². The number of hydrogen-bond acceptors (Lipinski definition) is 2. The number of amides is 2. The maximum atomic E-state index is 12.5. The molecule has 0 aromatic heterocycles. The summed E-state index contributed by atoms with van der Waals surface area (Å²) in [5.41, 5.74) is 6.27. The molecule has 2 rings (SSSR count). The molecular weight excluding hydrogens is 320 g/mol. The van der Waals surface area contributed by atoms with E-state index < -0.39 is 5.91 Å². The molecule has 1 aliphatic carbocycles. The molecule has 0 heterocycles. The van der Waals surface area contributed by atoms with Gasteiger partial charge in [0.05, 0.1) is 6.54 Å². The van der Waals surface area contributed by atoms with Crippen LogP contribution in [0.1, 0.15) is 31.2 Å². The van der Waals surface area contributed by atoms with Gasteiger partial charge in [-0.3, -0.25) is 9.59 Å². The van der Waals surface area contributed by atoms with E-state index in [-0.39, 0.29) is 18.4 Å². The zero-order valence-electron chi connectivity index (χ0n) is 11.3. The van der Waals surface area contributed by atoms with Crippen molar-refractivity contribution in [3.05, 3.63) is 34.3 Å². The number of carbonyl (C=O) groups is 2. The lowest BCUT2D eigenvalue weighted by Gasteiger charge is -2.24. The van der Waals surface area contributed by atoms with E-state index in [4.69, 9.17) is 5.73 Å². The summed E-state index contributed by atoms with van der Waals surface area (Å²) < 4.78 is 0.991. The Hall–Kier alpha value is -1.36. The van der Waals surface area contributed by atoms with E-state index >= 15 is 0 Å². The van der Waals surface area contributed by atoms with Crippen molar-refractivity contribution < 1.29 is 9.59 Å². The minimum Gasteiger partial charge on any atom is -0.368 e. The van der Waals surface area contributed by atoms with Crippen molar-refractivity contribution in [3.8, 4) is 0 Å². The molecule has 0 bridgehead atoms. The molecule has 1 aliphatic rings. The van der Waals surface area contributed by atoms with Gasteiger partial charge in [0, 0.05) is 16.9 Å². The third-order valence-corrected chi connectivity index (χ3v) is 4.18. The Bertz CT molecular complexity index is 481. The monoisotopic (exact) mass is 338 g/mol. The van der Waals surface area contributed by atoms with Gasteiger partial charge < -0.3 is 10.6 Å². The third kappa shape index (κ3) is 4.07. The Kier molecular flexibility index (Phi) is 5.17. The highest BCUT2D eigenvalue weighted by molar-refractivity contribution is 9.10. The van der Waals surface area contributed by atoms with Crippen molar-refractivity contribution in [1.82, 2.24) is 4.90 Å². The van der Waals surface area contributed by atoms with Crippen LogP contribution in [0, 0.1) is 5.92 Å². The van der Waals surface area contributed by atoms with Crippen molar-refractivity contribution >= 4 is 27.7 Å². The Morgan fingerprint density at radius 1 is 1.20 bits per heavy atom. The molecule has 0 radical (unpaired) electrons. The van der Waals surface area contributed by atoms with Crippen LogP contribution in [0.15, 0.2) is 28.7 Å². The molecular formula is C15H19BrN2O2. The van der Waals surface area contributed by atoms with Crippen molar-refractivity contribution in [2.75, 3.05) is 6.54 Å². The predicted octanol–water partition coefficient (Wildman–Crippen LogP) is 2.45. The molecule has 4 nitrogen and oxygen atoms in total. The molecule has 1 aromatic rings. The first-order chi connectivity index (χ1) is 9.56. The number of primary amides is 1. The molecule has 2 N–H and O–H groups in total. The first-order valence-electron chi connectivity index (χ1n) is 6.88. The number of halogens is 1. The smallest absolute Gasteiger partial charge is 0.237 e. The molecule has 0 unspecified atom stereocenters. The van der Waals surface area contributed by atoms with Crippen LogP contribution in [0.2, 0.25) is 0 Å². The SMILES string of the molecule is NC(=O)CN(Cc1ccc(Br)cc1)C(=O)C1CCCC1. The summed E-state index contributed by atoms with van der Waals surface area (Å²) in [4.78, 5) is 25.2. The van der Waals surface area contributed by atoms with Crippen molar-refractivity contribution in [1.29, 1.82) is 0 Å². The lowest BCUT2D eigenvalue weighted by Crippen LogP contribution is -2.40. The summed E-state index contributed by atoms with van der Waals surface area (Å²) in [5, 5.41) is 0. The first kappa shape index (κ1) is 15.0. The third-order valence-electron chi connectivity index (χ3n) is 3.65. The summed E-state index contributed by atoms with van der Waals surface area (Å²) in [5.74, 6) is -0.345. The average Bonchev–Trinajstić information content (AvgIpc) is 2.93. The number of benzene rings is 1. The number of rotatable bonds is 5. The van der Waals surface area contributed by atoms with Gasteiger partial charge in [0.1, 0.15) is 0 Å². The summed E-state index contributed by atoms with van der Waals surface area (Å²) in [7, 11) is 0. The molecule has 1 saturated carbocycles. The van der Waals surface area contributed by atoms with Gasteiger partial charge in [0.25, 0.3) is 0 Å². The Morgan fingerprint density at radius 2 is 1.80 bits per heavy atom. The quantitative estimate of drug-likeness (QED) is 0.896. The number of nitrogens with two attached hydrogens (primary N) is 1. The average molecular weight is 339 g/mol. The van der Waals surface area contributed by atoms with Gasteiger partial charge in [0.15, 0.2) is 0 Å². The van der Waals surface area contributed by atoms with E-state index in [1.54, 1.807) is 4.90 Å². The minimum absolute atomic E-state index is 0.00853. The standard InChI is InChI=1S/C15H19BrN2O2/c16-13-7-5-11(6-8-13)9-18(10-14(17)19)15(20)12-3-1-2-4-12/h5-8,12H,1-4,9-10H2,(H2,17,19). The number of nitrogens with zero attached hydrogens (tertiary/aromatic N) is 1. The molecule has 5 heteroatoms. The van der Waals surface area contributed by atoms with Gasteiger partial charge in [-0.1, -0.05) is 40.9 Å². The fourth-order valence-electron chi connectivity index (χ4n) is 2.64. The van der Waals surface area contributed by atoms with Gasteiger partial charge in [-0.2, -0.15) is 0 Å². The van der Waals surface area contributed by atoms with Crippen LogP contribution in [0.25, 0.3) is 0 Å². The summed E-state index contributed by atoms with van der Waals surface area (Å²) in [6.45, 7) is 0.428. The van der Waals surface area contributed by atoms with E-state index in [0.29, 0.717) is 6.54 Å². The lowest BCUT2D eigenvalue weighted by molar-refractivity contribution is -0.139. The van der Waals surface area contributed by atoms with E-state index in [1.807, 2.05) is 24.3 Å². The molecule has 108 valence electrons. The van der Waals surface area contributed by atoms with E-state index in [9.17, 15) is 9.59 Å². The molecule has 20 heavy (non-hydrogen) atoms. The molecule has 2 amide bonds. The Labute approximate surface area is 127 Å². The van der Waals surface area contributed by atoms with Gasteiger partial charge in [0.2, 0.25) is 11.8 Å². The highest BCUT2D eigenvalue weighted by Gasteiger charge is 2.28. The number of carbonyl (C=O) groups excluding carboxylic acids is 2. The number of hydrogen-bond donors (Lipinski definition) is 1. The van der Waals surface area contributed by atoms with E-state index in [0.717, 1.165) is 35.7 Å². The van der Waals surface area contributed by atoms with Crippen molar-refractivity contribution in [3.63, 3.8) is 0 Å². The largest absolute Gasteiger partial charge is 0.368 e. The topological polar surface area (TPSA) is 63.4 Å². The highest BCUT2D eigenvalue weighted by atomic mass is 79.9. The Morgan fingerprint density at radius 3 is 2.35 bits per heavy atom. The van der Waals surface area contributed by atoms with Crippen LogP contribution in [0.4, 0.5) is 0 Å². The van der Waals surface area contributed by atoms with Crippen LogP contribution in [0.3, 0.4) is 0 Å². The van der Waals surface area contributed by atoms with Crippen molar-refractivity contribution in [2.24, 2.45) is 11.7 Å². The lowest BCUT2D eigenvalue weighted by atomic mass is 10.1. The maximum Gasteiger partial charge on any atom is 0.237 e. The van der Waals surface area contributed by atoms with Crippen LogP contribution >= 0.6 is 15.9 Å². The molecule has 1 fully saturated rings. The predicted molar refractivity (Wildman–Crippen MR) is 80.7 cm³/mol. The van der Waals surface area contributed by atoms with Crippen LogP contribution in [-0.4, -0.2) is 23.3 Å². The van der Waals surface area contributed by atoms with Crippen LogP contribution < -0.4 is 5.73 Å². The molecule has 0 aliphatic heterocycles. The fraction of sp³-hybridized carbons (Fsp3) is 0.467. The summed E-state index contributed by atoms with van der Waals surface area (Å²) in [6, 6.07) is 7.75. The second-order valence-corrected chi connectivity index (χ2v) is 6.18. The van der Waals surface area contributed by atoms with Crippen LogP contribution in [-0.2, 0) is 16.1 Å². The maximum absolute atomic E-state index is 12.5. The molecule has 0 atom stereocenters. The zero-order chi connectivity index (χ0) is 14.5. The Balaban J connectivity index is 2.08. The second kappa shape index (κ2) is 6.88. The van der Waals surface area contributed by atoms with E-state index in [2.05, 4.69) is 15.9 Å². The highest BCUT2D eigenvalue weighted by Crippen LogP contribution is 2.27. The first-order valence-corrected chi connectivity index (χ1v) is 7.67. The van der Waals surface area contributed by atoms with E-state index in [1.165, 1.54) is 0 Å². The van der Waals surface area contributed by atoms with Gasteiger partial charge >= 0.3 is 0 Å². The van der Waals surface area contributed by atoms with Gasteiger partial charge in [-0.25, -0.2) is 0 Å². The second-order valence-electron chi connectivity index (χ2n) is 5.27. The van der Waals surface area contributed by atoms with Gasteiger partial charge in [-0.05, 0) is 30.5 Å². The molecule has 1 aromatic carbocycles. The zero-order valence-corrected chi connectivity index (χ0v) is 12.9. The minimum atomic E-state index is -0.464.